The Morgan fingerprint density at radius 2 is 2.13 bits per heavy atom. The molecule has 0 amide bonds. The summed E-state index contributed by atoms with van der Waals surface area (Å²) < 4.78 is 1.39. The molecule has 0 aliphatic heterocycles. The lowest BCUT2D eigenvalue weighted by atomic mass is 10.1. The molecule has 82 valence electrons. The van der Waals surface area contributed by atoms with Crippen molar-refractivity contribution in [1.29, 1.82) is 0 Å². The van der Waals surface area contributed by atoms with Gasteiger partial charge < -0.3 is 5.11 Å². The Morgan fingerprint density at radius 1 is 1.40 bits per heavy atom. The van der Waals surface area contributed by atoms with Gasteiger partial charge in [0.25, 0.3) is 0 Å². The lowest BCUT2D eigenvalue weighted by Gasteiger charge is -1.99. The van der Waals surface area contributed by atoms with E-state index in [0.29, 0.717) is 5.15 Å². The molecule has 0 bridgehead atoms. The molecule has 4 nitrogen and oxygen atoms in total. The van der Waals surface area contributed by atoms with Gasteiger partial charge in [-0.2, -0.15) is 5.10 Å². The summed E-state index contributed by atoms with van der Waals surface area (Å²) in [6.07, 6.45) is 5.28. The van der Waals surface area contributed by atoms with Crippen LogP contribution in [0.1, 0.15) is 30.5 Å². The van der Waals surface area contributed by atoms with Crippen LogP contribution in [0.15, 0.2) is 0 Å². The number of carbonyl (C=O) groups is 1. The maximum Gasteiger partial charge on any atom is 0.325 e. The number of fused-ring (bicyclic) bond motifs is 1. The average Bonchev–Trinajstić information content (AvgIpc) is 2.40. The number of halogens is 1. The predicted octanol–water partition coefficient (Wildman–Crippen LogP) is 1.89. The molecule has 1 aliphatic carbocycles. The Balaban J connectivity index is 2.31. The van der Waals surface area contributed by atoms with E-state index in [1.54, 1.807) is 0 Å². The van der Waals surface area contributed by atoms with E-state index >= 15 is 0 Å². The average molecular weight is 229 g/mol. The molecule has 0 atom stereocenters. The van der Waals surface area contributed by atoms with Gasteiger partial charge >= 0.3 is 5.97 Å². The third-order valence-corrected chi connectivity index (χ3v) is 3.11. The van der Waals surface area contributed by atoms with Crippen molar-refractivity contribution in [2.75, 3.05) is 0 Å². The number of rotatable bonds is 2. The number of aromatic nitrogens is 2. The smallest absolute Gasteiger partial charge is 0.325 e. The van der Waals surface area contributed by atoms with Gasteiger partial charge in [-0.25, -0.2) is 4.68 Å². The van der Waals surface area contributed by atoms with Gasteiger partial charge in [0, 0.05) is 5.56 Å². The second-order valence-electron chi connectivity index (χ2n) is 3.83. The minimum Gasteiger partial charge on any atom is -0.480 e. The first-order valence-corrected chi connectivity index (χ1v) is 5.52. The Bertz CT molecular complexity index is 387. The summed E-state index contributed by atoms with van der Waals surface area (Å²) in [6, 6.07) is 0. The molecule has 1 N–H and O–H groups in total. The molecule has 2 rings (SSSR count). The molecule has 1 aromatic rings. The van der Waals surface area contributed by atoms with E-state index in [9.17, 15) is 4.79 Å². The molecular formula is C10H13ClN2O2. The fourth-order valence-electron chi connectivity index (χ4n) is 1.98. The second kappa shape index (κ2) is 4.23. The monoisotopic (exact) mass is 228 g/mol. The first-order valence-electron chi connectivity index (χ1n) is 5.14. The third-order valence-electron chi connectivity index (χ3n) is 2.69. The SMILES string of the molecule is O=C(O)Cn1nc2c(c1Cl)CCCCC2. The maximum absolute atomic E-state index is 10.6. The van der Waals surface area contributed by atoms with Gasteiger partial charge in [0.15, 0.2) is 0 Å². The van der Waals surface area contributed by atoms with E-state index in [4.69, 9.17) is 16.7 Å². The molecule has 0 saturated heterocycles. The van der Waals surface area contributed by atoms with E-state index in [1.807, 2.05) is 0 Å². The zero-order valence-electron chi connectivity index (χ0n) is 8.37. The van der Waals surface area contributed by atoms with Crippen molar-refractivity contribution >= 4 is 17.6 Å². The molecule has 0 saturated carbocycles. The standard InChI is InChI=1S/C10H13ClN2O2/c11-10-7-4-2-1-3-5-8(7)12-13(10)6-9(14)15/h1-6H2,(H,14,15). The second-order valence-corrected chi connectivity index (χ2v) is 4.19. The summed E-state index contributed by atoms with van der Waals surface area (Å²) in [5.41, 5.74) is 2.04. The van der Waals surface area contributed by atoms with E-state index in [0.717, 1.165) is 36.9 Å². The van der Waals surface area contributed by atoms with Crippen LogP contribution in [0.25, 0.3) is 0 Å². The number of hydrogen-bond acceptors (Lipinski definition) is 2. The Kier molecular flexibility index (Phi) is 2.95. The van der Waals surface area contributed by atoms with Crippen LogP contribution in [0, 0.1) is 0 Å². The minimum absolute atomic E-state index is 0.147. The van der Waals surface area contributed by atoms with Gasteiger partial charge in [-0.15, -0.1) is 0 Å². The van der Waals surface area contributed by atoms with Gasteiger partial charge in [-0.3, -0.25) is 4.79 Å². The molecule has 0 spiro atoms. The molecule has 1 aliphatic rings. The first kappa shape index (κ1) is 10.5. The number of aliphatic carboxylic acids is 1. The van der Waals surface area contributed by atoms with Crippen LogP contribution in [-0.2, 0) is 24.2 Å². The van der Waals surface area contributed by atoms with Crippen LogP contribution >= 0.6 is 11.6 Å². The topological polar surface area (TPSA) is 55.1 Å². The summed E-state index contributed by atoms with van der Waals surface area (Å²) in [6.45, 7) is -0.147. The highest BCUT2D eigenvalue weighted by Gasteiger charge is 2.18. The number of aryl methyl sites for hydroxylation is 1. The molecular weight excluding hydrogens is 216 g/mol. The quantitative estimate of drug-likeness (QED) is 0.787. The van der Waals surface area contributed by atoms with Crippen LogP contribution < -0.4 is 0 Å². The molecule has 1 aromatic heterocycles. The van der Waals surface area contributed by atoms with Crippen LogP contribution in [0.2, 0.25) is 5.15 Å². The van der Waals surface area contributed by atoms with Crippen LogP contribution in [0.5, 0.6) is 0 Å². The van der Waals surface area contributed by atoms with Crippen LogP contribution in [-0.4, -0.2) is 20.9 Å². The number of carboxylic acid groups (broad SMARTS) is 1. The van der Waals surface area contributed by atoms with E-state index in [-0.39, 0.29) is 6.54 Å². The summed E-state index contributed by atoms with van der Waals surface area (Å²) >= 11 is 6.10. The third kappa shape index (κ3) is 2.15. The van der Waals surface area contributed by atoms with E-state index in [1.165, 1.54) is 11.1 Å². The molecule has 0 aromatic carbocycles. The lowest BCUT2D eigenvalue weighted by Crippen LogP contribution is -2.10. The van der Waals surface area contributed by atoms with Crippen LogP contribution in [0.4, 0.5) is 0 Å². The van der Waals surface area contributed by atoms with E-state index in [2.05, 4.69) is 5.10 Å². The van der Waals surface area contributed by atoms with Crippen molar-refractivity contribution in [2.24, 2.45) is 0 Å². The van der Waals surface area contributed by atoms with Crippen molar-refractivity contribution in [2.45, 2.75) is 38.6 Å². The number of hydrogen-bond donors (Lipinski definition) is 1. The van der Waals surface area contributed by atoms with Gasteiger partial charge in [-0.05, 0) is 25.7 Å². The largest absolute Gasteiger partial charge is 0.480 e. The molecule has 0 radical (unpaired) electrons. The van der Waals surface area contributed by atoms with Crippen molar-refractivity contribution in [1.82, 2.24) is 9.78 Å². The Hall–Kier alpha value is -1.03. The number of nitrogens with zero attached hydrogens (tertiary/aromatic N) is 2. The predicted molar refractivity (Wildman–Crippen MR) is 56.1 cm³/mol. The summed E-state index contributed by atoms with van der Waals surface area (Å²) in [4.78, 5) is 10.6. The minimum atomic E-state index is -0.908. The van der Waals surface area contributed by atoms with Crippen molar-refractivity contribution < 1.29 is 9.90 Å². The zero-order chi connectivity index (χ0) is 10.8. The van der Waals surface area contributed by atoms with Crippen molar-refractivity contribution in [3.05, 3.63) is 16.4 Å². The highest BCUT2D eigenvalue weighted by molar-refractivity contribution is 6.30. The fourth-order valence-corrected chi connectivity index (χ4v) is 2.28. The van der Waals surface area contributed by atoms with Gasteiger partial charge in [0.05, 0.1) is 5.69 Å². The van der Waals surface area contributed by atoms with Crippen molar-refractivity contribution in [3.8, 4) is 0 Å². The van der Waals surface area contributed by atoms with Gasteiger partial charge in [0.2, 0.25) is 0 Å². The maximum atomic E-state index is 10.6. The zero-order valence-corrected chi connectivity index (χ0v) is 9.13. The molecule has 0 fully saturated rings. The summed E-state index contributed by atoms with van der Waals surface area (Å²) in [5, 5.41) is 13.5. The molecule has 15 heavy (non-hydrogen) atoms. The number of carboxylic acids is 1. The Labute approximate surface area is 92.8 Å². The molecule has 0 unspecified atom stereocenters. The molecule has 1 heterocycles. The Morgan fingerprint density at radius 3 is 2.87 bits per heavy atom. The fraction of sp³-hybridized carbons (Fsp3) is 0.600. The van der Waals surface area contributed by atoms with E-state index < -0.39 is 5.97 Å². The van der Waals surface area contributed by atoms with Crippen molar-refractivity contribution in [3.63, 3.8) is 0 Å². The summed E-state index contributed by atoms with van der Waals surface area (Å²) in [5.74, 6) is -0.908. The summed E-state index contributed by atoms with van der Waals surface area (Å²) in [7, 11) is 0. The highest BCUT2D eigenvalue weighted by atomic mass is 35.5. The first-order chi connectivity index (χ1) is 7.18. The van der Waals surface area contributed by atoms with Gasteiger partial charge in [-0.1, -0.05) is 18.0 Å². The lowest BCUT2D eigenvalue weighted by molar-refractivity contribution is -0.137. The molecule has 5 heteroatoms. The highest BCUT2D eigenvalue weighted by Crippen LogP contribution is 2.26. The normalized spacial score (nSPS) is 15.8. The van der Waals surface area contributed by atoms with Crippen LogP contribution in [0.3, 0.4) is 0 Å². The van der Waals surface area contributed by atoms with Gasteiger partial charge in [0.1, 0.15) is 11.7 Å².